The number of nitrogens with zero attached hydrogens (tertiary/aromatic N) is 1. The van der Waals surface area contributed by atoms with E-state index in [1.54, 1.807) is 23.1 Å². The molecule has 3 rings (SSSR count). The molecule has 0 spiro atoms. The minimum atomic E-state index is -3.90. The summed E-state index contributed by atoms with van der Waals surface area (Å²) >= 11 is 0. The summed E-state index contributed by atoms with van der Waals surface area (Å²) in [6.45, 7) is 8.68. The van der Waals surface area contributed by atoms with Gasteiger partial charge in [-0.25, -0.2) is 8.42 Å². The van der Waals surface area contributed by atoms with Crippen LogP contribution in [0.3, 0.4) is 0 Å². The number of methoxy groups -OCH3 is 2. The molecule has 0 atom stereocenters. The van der Waals surface area contributed by atoms with E-state index in [4.69, 9.17) is 14.2 Å². The molecule has 1 aliphatic rings. The van der Waals surface area contributed by atoms with Crippen LogP contribution in [0, 0.1) is 11.3 Å². The van der Waals surface area contributed by atoms with Gasteiger partial charge in [-0.15, -0.1) is 0 Å². The molecule has 9 heteroatoms. The van der Waals surface area contributed by atoms with Gasteiger partial charge in [0.25, 0.3) is 10.0 Å². The van der Waals surface area contributed by atoms with Gasteiger partial charge >= 0.3 is 0 Å². The number of anilines is 2. The lowest BCUT2D eigenvalue weighted by Crippen LogP contribution is -2.42. The van der Waals surface area contributed by atoms with Gasteiger partial charge in [0.05, 0.1) is 35.9 Å². The number of carbonyl (C=O) groups is 1. The van der Waals surface area contributed by atoms with Gasteiger partial charge in [0, 0.05) is 18.7 Å². The number of carbonyl (C=O) groups excluding carboxylic acids is 1. The van der Waals surface area contributed by atoms with E-state index in [-0.39, 0.29) is 17.4 Å². The summed E-state index contributed by atoms with van der Waals surface area (Å²) in [6.07, 6.45) is 0.842. The lowest BCUT2D eigenvalue weighted by molar-refractivity contribution is -0.127. The van der Waals surface area contributed by atoms with Crippen molar-refractivity contribution in [3.63, 3.8) is 0 Å². The summed E-state index contributed by atoms with van der Waals surface area (Å²) < 4.78 is 44.9. The average molecular weight is 477 g/mol. The normalized spacial score (nSPS) is 15.5. The molecule has 0 aliphatic carbocycles. The number of fused-ring (bicyclic) bond motifs is 1. The lowest BCUT2D eigenvalue weighted by atomic mass is 9.92. The number of rotatable bonds is 8. The molecule has 2 aromatic carbocycles. The Balaban J connectivity index is 1.93. The highest BCUT2D eigenvalue weighted by Gasteiger charge is 2.37. The molecule has 0 aromatic heterocycles. The maximum Gasteiger partial charge on any atom is 0.262 e. The van der Waals surface area contributed by atoms with Crippen LogP contribution in [0.4, 0.5) is 11.4 Å². The van der Waals surface area contributed by atoms with E-state index >= 15 is 0 Å². The maximum absolute atomic E-state index is 13.2. The molecule has 0 unspecified atom stereocenters. The fraction of sp³-hybridized carbons (Fsp3) is 0.458. The number of amides is 1. The molecule has 1 N–H and O–H groups in total. The Bertz CT molecular complexity index is 1130. The highest BCUT2D eigenvalue weighted by Crippen LogP contribution is 2.39. The lowest BCUT2D eigenvalue weighted by Gasteiger charge is -2.28. The van der Waals surface area contributed by atoms with E-state index in [0.29, 0.717) is 41.1 Å². The minimum Gasteiger partial charge on any atom is -0.493 e. The van der Waals surface area contributed by atoms with Crippen LogP contribution < -0.4 is 23.8 Å². The predicted molar refractivity (Wildman–Crippen MR) is 128 cm³/mol. The van der Waals surface area contributed by atoms with Crippen molar-refractivity contribution in [2.45, 2.75) is 39.0 Å². The third-order valence-electron chi connectivity index (χ3n) is 5.51. The monoisotopic (exact) mass is 476 g/mol. The van der Waals surface area contributed by atoms with Gasteiger partial charge < -0.3 is 19.1 Å². The SMILES string of the molecule is COc1ccc(S(=O)(=O)Nc2ccc3c(c2)OCC(C)(C)C(=O)N3CCC(C)C)cc1OC. The van der Waals surface area contributed by atoms with Crippen molar-refractivity contribution in [2.75, 3.05) is 37.0 Å². The second-order valence-electron chi connectivity index (χ2n) is 9.12. The van der Waals surface area contributed by atoms with Crippen molar-refractivity contribution in [1.29, 1.82) is 0 Å². The summed E-state index contributed by atoms with van der Waals surface area (Å²) in [6, 6.07) is 9.35. The van der Waals surface area contributed by atoms with Gasteiger partial charge in [0.2, 0.25) is 5.91 Å². The van der Waals surface area contributed by atoms with Crippen LogP contribution in [0.25, 0.3) is 0 Å². The molecular formula is C24H32N2O6S. The Kier molecular flexibility index (Phi) is 7.11. The van der Waals surface area contributed by atoms with Crippen molar-refractivity contribution in [2.24, 2.45) is 11.3 Å². The highest BCUT2D eigenvalue weighted by molar-refractivity contribution is 7.92. The standard InChI is InChI=1S/C24H32N2O6S/c1-16(2)11-12-26-19-9-7-17(13-21(19)32-15-24(3,4)23(26)27)25-33(28,29)18-8-10-20(30-5)22(14-18)31-6/h7-10,13-14,16,25H,11-12,15H2,1-6H3. The number of benzene rings is 2. The van der Waals surface area contributed by atoms with E-state index in [1.165, 1.54) is 32.4 Å². The molecule has 1 heterocycles. The van der Waals surface area contributed by atoms with Crippen LogP contribution in [-0.4, -0.2) is 41.7 Å². The van der Waals surface area contributed by atoms with Crippen LogP contribution in [0.1, 0.15) is 34.1 Å². The largest absolute Gasteiger partial charge is 0.493 e. The molecule has 0 radical (unpaired) electrons. The zero-order chi connectivity index (χ0) is 24.4. The first kappa shape index (κ1) is 24.7. The smallest absolute Gasteiger partial charge is 0.262 e. The fourth-order valence-corrected chi connectivity index (χ4v) is 4.58. The van der Waals surface area contributed by atoms with Gasteiger partial charge in [-0.1, -0.05) is 13.8 Å². The summed E-state index contributed by atoms with van der Waals surface area (Å²) in [7, 11) is -0.970. The Morgan fingerprint density at radius 3 is 2.42 bits per heavy atom. The maximum atomic E-state index is 13.2. The van der Waals surface area contributed by atoms with Crippen LogP contribution in [0.2, 0.25) is 0 Å². The second kappa shape index (κ2) is 9.51. The van der Waals surface area contributed by atoms with Crippen molar-refractivity contribution in [1.82, 2.24) is 0 Å². The van der Waals surface area contributed by atoms with Crippen LogP contribution in [0.15, 0.2) is 41.3 Å². The molecule has 0 fully saturated rings. The predicted octanol–water partition coefficient (Wildman–Crippen LogP) is 4.30. The van der Waals surface area contributed by atoms with Gasteiger partial charge in [-0.2, -0.15) is 0 Å². The number of nitrogens with one attached hydrogen (secondary N) is 1. The van der Waals surface area contributed by atoms with Gasteiger partial charge in [0.1, 0.15) is 12.4 Å². The zero-order valence-electron chi connectivity index (χ0n) is 20.0. The van der Waals surface area contributed by atoms with Gasteiger partial charge in [-0.3, -0.25) is 9.52 Å². The molecule has 0 saturated heterocycles. The molecule has 8 nitrogen and oxygen atoms in total. The summed E-state index contributed by atoms with van der Waals surface area (Å²) in [5.74, 6) is 1.63. The Hall–Kier alpha value is -2.94. The third kappa shape index (κ3) is 5.35. The molecule has 0 bridgehead atoms. The van der Waals surface area contributed by atoms with Crippen molar-refractivity contribution in [3.8, 4) is 17.2 Å². The zero-order valence-corrected chi connectivity index (χ0v) is 20.8. The molecule has 1 amide bonds. The van der Waals surface area contributed by atoms with E-state index in [0.717, 1.165) is 6.42 Å². The van der Waals surface area contributed by atoms with Gasteiger partial charge in [-0.05, 0) is 50.5 Å². The first-order valence-electron chi connectivity index (χ1n) is 10.8. The highest BCUT2D eigenvalue weighted by atomic mass is 32.2. The Labute approximate surface area is 195 Å². The number of hydrogen-bond acceptors (Lipinski definition) is 6. The average Bonchev–Trinajstić information content (AvgIpc) is 2.86. The number of ether oxygens (including phenoxy) is 3. The van der Waals surface area contributed by atoms with Crippen LogP contribution in [-0.2, 0) is 14.8 Å². The Morgan fingerprint density at radius 1 is 1.09 bits per heavy atom. The van der Waals surface area contributed by atoms with E-state index < -0.39 is 15.4 Å². The molecule has 2 aromatic rings. The number of hydrogen-bond donors (Lipinski definition) is 1. The number of sulfonamides is 1. The molecule has 1 aliphatic heterocycles. The first-order chi connectivity index (χ1) is 15.5. The van der Waals surface area contributed by atoms with E-state index in [9.17, 15) is 13.2 Å². The summed E-state index contributed by atoms with van der Waals surface area (Å²) in [5, 5.41) is 0. The minimum absolute atomic E-state index is 0.0134. The molecule has 0 saturated carbocycles. The first-order valence-corrected chi connectivity index (χ1v) is 12.3. The van der Waals surface area contributed by atoms with Crippen LogP contribution in [0.5, 0.6) is 17.2 Å². The summed E-state index contributed by atoms with van der Waals surface area (Å²) in [5.41, 5.74) is 0.273. The van der Waals surface area contributed by atoms with Crippen molar-refractivity contribution >= 4 is 27.3 Å². The fourth-order valence-electron chi connectivity index (χ4n) is 3.52. The third-order valence-corrected chi connectivity index (χ3v) is 6.89. The van der Waals surface area contributed by atoms with E-state index in [2.05, 4.69) is 18.6 Å². The van der Waals surface area contributed by atoms with Gasteiger partial charge in [0.15, 0.2) is 11.5 Å². The van der Waals surface area contributed by atoms with Crippen molar-refractivity contribution in [3.05, 3.63) is 36.4 Å². The molecule has 180 valence electrons. The molecular weight excluding hydrogens is 444 g/mol. The Morgan fingerprint density at radius 2 is 1.79 bits per heavy atom. The quantitative estimate of drug-likeness (QED) is 0.610. The topological polar surface area (TPSA) is 94.2 Å². The molecule has 33 heavy (non-hydrogen) atoms. The summed E-state index contributed by atoms with van der Waals surface area (Å²) in [4.78, 5) is 14.9. The van der Waals surface area contributed by atoms with E-state index in [1.807, 2.05) is 13.8 Å². The second-order valence-corrected chi connectivity index (χ2v) is 10.8. The van der Waals surface area contributed by atoms with Crippen LogP contribution >= 0.6 is 0 Å². The van der Waals surface area contributed by atoms with Crippen molar-refractivity contribution < 1.29 is 27.4 Å².